The number of hydrogen-bond donors (Lipinski definition) is 2. The Labute approximate surface area is 232 Å². The Kier molecular flexibility index (Phi) is 7.62. The van der Waals surface area contributed by atoms with Crippen LogP contribution in [-0.2, 0) is 12.4 Å². The lowest BCUT2D eigenvalue weighted by atomic mass is 9.73. The van der Waals surface area contributed by atoms with E-state index in [-0.39, 0.29) is 18.0 Å². The van der Waals surface area contributed by atoms with E-state index in [0.29, 0.717) is 40.3 Å². The number of ether oxygens (including phenoxy) is 1. The number of carbonyl (C=O) groups is 1. The Balaban J connectivity index is 1.51. The molecule has 3 fully saturated rings. The summed E-state index contributed by atoms with van der Waals surface area (Å²) in [6.07, 6.45) is -4.87. The fraction of sp³-hybridized carbons (Fsp3) is 0.379. The average Bonchev–Trinajstić information content (AvgIpc) is 2.94. The third-order valence-corrected chi connectivity index (χ3v) is 7.99. The van der Waals surface area contributed by atoms with Gasteiger partial charge in [0.25, 0.3) is 0 Å². The zero-order chi connectivity index (χ0) is 29.5. The van der Waals surface area contributed by atoms with Crippen molar-refractivity contribution in [3.63, 3.8) is 0 Å². The third-order valence-electron chi connectivity index (χ3n) is 7.99. The van der Waals surface area contributed by atoms with Gasteiger partial charge in [0.05, 0.1) is 29.8 Å². The third kappa shape index (κ3) is 5.97. The molecule has 2 amide bonds. The SMILES string of the molecule is C=C[C@H]1CN2CC[C@H]1C[C@H]2[C@@H](NC(=O)Nc1cc(C(F)(F)F)cc(C(F)(F)F)c1)c1ccnc2ccc(OC)cc12. The predicted octanol–water partition coefficient (Wildman–Crippen LogP) is 7.04. The number of carbonyl (C=O) groups excluding carboxylic acids is 1. The van der Waals surface area contributed by atoms with Gasteiger partial charge in [0.2, 0.25) is 0 Å². The van der Waals surface area contributed by atoms with E-state index < -0.39 is 41.2 Å². The lowest BCUT2D eigenvalue weighted by Crippen LogP contribution is -2.57. The lowest BCUT2D eigenvalue weighted by Gasteiger charge is -2.51. The minimum atomic E-state index is -5.04. The van der Waals surface area contributed by atoms with Gasteiger partial charge in [-0.25, -0.2) is 4.79 Å². The second-order valence-corrected chi connectivity index (χ2v) is 10.4. The monoisotopic (exact) mass is 578 g/mol. The Morgan fingerprint density at radius 1 is 1.10 bits per heavy atom. The molecule has 0 saturated carbocycles. The molecule has 6 rings (SSSR count). The number of piperidine rings is 3. The smallest absolute Gasteiger partial charge is 0.416 e. The van der Waals surface area contributed by atoms with Crippen LogP contribution in [0.5, 0.6) is 5.75 Å². The molecule has 6 nitrogen and oxygen atoms in total. The Morgan fingerprint density at radius 3 is 2.39 bits per heavy atom. The summed E-state index contributed by atoms with van der Waals surface area (Å²) in [6, 6.07) is 6.28. The highest BCUT2D eigenvalue weighted by Crippen LogP contribution is 2.43. The summed E-state index contributed by atoms with van der Waals surface area (Å²) in [5, 5.41) is 5.79. The van der Waals surface area contributed by atoms with Gasteiger partial charge < -0.3 is 15.4 Å². The van der Waals surface area contributed by atoms with Crippen molar-refractivity contribution in [2.24, 2.45) is 11.8 Å². The number of benzene rings is 2. The van der Waals surface area contributed by atoms with Crippen LogP contribution in [-0.4, -0.2) is 42.2 Å². The molecule has 12 heteroatoms. The molecular weight excluding hydrogens is 550 g/mol. The van der Waals surface area contributed by atoms with E-state index in [0.717, 1.165) is 25.9 Å². The first-order valence-electron chi connectivity index (χ1n) is 13.0. The number of halogens is 6. The fourth-order valence-electron chi connectivity index (χ4n) is 5.99. The summed E-state index contributed by atoms with van der Waals surface area (Å²) in [4.78, 5) is 19.9. The van der Waals surface area contributed by atoms with Crippen LogP contribution in [0.15, 0.2) is 61.3 Å². The van der Waals surface area contributed by atoms with Crippen molar-refractivity contribution in [3.05, 3.63) is 78.0 Å². The zero-order valence-electron chi connectivity index (χ0n) is 22.0. The van der Waals surface area contributed by atoms with Crippen LogP contribution in [0.2, 0.25) is 0 Å². The van der Waals surface area contributed by atoms with Crippen molar-refractivity contribution < 1.29 is 35.9 Å². The van der Waals surface area contributed by atoms with Gasteiger partial charge in [-0.1, -0.05) is 6.08 Å². The van der Waals surface area contributed by atoms with Gasteiger partial charge >= 0.3 is 18.4 Å². The number of rotatable bonds is 6. The van der Waals surface area contributed by atoms with E-state index in [4.69, 9.17) is 4.74 Å². The fourth-order valence-corrected chi connectivity index (χ4v) is 5.99. The largest absolute Gasteiger partial charge is 0.497 e. The minimum Gasteiger partial charge on any atom is -0.497 e. The number of aromatic nitrogens is 1. The van der Waals surface area contributed by atoms with Crippen molar-refractivity contribution in [2.45, 2.75) is 37.3 Å². The number of alkyl halides is 6. The van der Waals surface area contributed by atoms with Gasteiger partial charge in [0.15, 0.2) is 0 Å². The molecule has 0 radical (unpaired) electrons. The van der Waals surface area contributed by atoms with Crippen LogP contribution >= 0.6 is 0 Å². The highest BCUT2D eigenvalue weighted by atomic mass is 19.4. The van der Waals surface area contributed by atoms with Crippen molar-refractivity contribution in [3.8, 4) is 5.75 Å². The number of anilines is 1. The molecule has 3 aliphatic rings. The predicted molar refractivity (Wildman–Crippen MR) is 141 cm³/mol. The van der Waals surface area contributed by atoms with E-state index >= 15 is 0 Å². The molecule has 218 valence electrons. The molecule has 3 aliphatic heterocycles. The highest BCUT2D eigenvalue weighted by Gasteiger charge is 2.43. The number of methoxy groups -OCH3 is 1. The van der Waals surface area contributed by atoms with Crippen LogP contribution < -0.4 is 15.4 Å². The highest BCUT2D eigenvalue weighted by molar-refractivity contribution is 5.91. The molecule has 0 spiro atoms. The number of nitrogens with zero attached hydrogens (tertiary/aromatic N) is 2. The van der Waals surface area contributed by atoms with E-state index in [1.54, 1.807) is 30.5 Å². The van der Waals surface area contributed by atoms with Gasteiger partial charge in [0.1, 0.15) is 5.75 Å². The Hall–Kier alpha value is -3.80. The molecule has 3 aromatic rings. The molecule has 41 heavy (non-hydrogen) atoms. The standard InChI is InChI=1S/C29H28F6N4O2/c1-3-16-15-39-9-7-17(16)10-25(39)26(22-6-8-36-24-5-4-21(41-2)14-23(22)24)38-27(40)37-20-12-18(28(30,31)32)11-19(13-20)29(33,34)35/h3-6,8,11-14,16-17,25-26H,1,7,9-10,15H2,2H3,(H2,37,38,40)/t16-,17-,25-,26-/m0/s1. The van der Waals surface area contributed by atoms with Crippen molar-refractivity contribution in [1.82, 2.24) is 15.2 Å². The number of fused-ring (bicyclic) bond motifs is 4. The summed E-state index contributed by atoms with van der Waals surface area (Å²) >= 11 is 0. The maximum Gasteiger partial charge on any atom is 0.416 e. The van der Waals surface area contributed by atoms with Crippen LogP contribution in [0.25, 0.3) is 10.9 Å². The summed E-state index contributed by atoms with van der Waals surface area (Å²) in [7, 11) is 1.52. The second-order valence-electron chi connectivity index (χ2n) is 10.4. The number of pyridine rings is 1. The van der Waals surface area contributed by atoms with Crippen LogP contribution in [0.3, 0.4) is 0 Å². The number of urea groups is 1. The van der Waals surface area contributed by atoms with E-state index in [2.05, 4.69) is 27.1 Å². The zero-order valence-corrected chi connectivity index (χ0v) is 22.0. The summed E-state index contributed by atoms with van der Waals surface area (Å²) < 4.78 is 85.7. The normalized spacial score (nSPS) is 23.2. The molecule has 5 atom stereocenters. The first-order chi connectivity index (χ1) is 19.4. The van der Waals surface area contributed by atoms with E-state index in [1.165, 1.54) is 7.11 Å². The molecule has 2 N–H and O–H groups in total. The van der Waals surface area contributed by atoms with Crippen LogP contribution in [0, 0.1) is 11.8 Å². The Morgan fingerprint density at radius 2 is 1.80 bits per heavy atom. The van der Waals surface area contributed by atoms with Gasteiger partial charge in [-0.2, -0.15) is 26.3 Å². The van der Waals surface area contributed by atoms with Crippen molar-refractivity contribution >= 4 is 22.6 Å². The van der Waals surface area contributed by atoms with E-state index in [1.807, 2.05) is 6.08 Å². The summed E-state index contributed by atoms with van der Waals surface area (Å²) in [5.74, 6) is 1.18. The molecule has 3 saturated heterocycles. The topological polar surface area (TPSA) is 66.5 Å². The molecule has 2 bridgehead atoms. The van der Waals surface area contributed by atoms with Gasteiger partial charge in [-0.3, -0.25) is 9.88 Å². The molecule has 1 aromatic heterocycles. The molecule has 2 aromatic carbocycles. The molecule has 4 heterocycles. The number of hydrogen-bond acceptors (Lipinski definition) is 4. The number of amides is 2. The minimum absolute atomic E-state index is 0.0183. The van der Waals surface area contributed by atoms with Crippen LogP contribution in [0.1, 0.15) is 35.6 Å². The van der Waals surface area contributed by atoms with Gasteiger partial charge in [-0.15, -0.1) is 6.58 Å². The van der Waals surface area contributed by atoms with Crippen LogP contribution in [0.4, 0.5) is 36.8 Å². The molecule has 0 aliphatic carbocycles. The maximum absolute atomic E-state index is 13.4. The molecule has 1 unspecified atom stereocenters. The van der Waals surface area contributed by atoms with E-state index in [9.17, 15) is 31.1 Å². The maximum atomic E-state index is 13.4. The number of nitrogens with one attached hydrogen (secondary N) is 2. The summed E-state index contributed by atoms with van der Waals surface area (Å²) in [6.45, 7) is 5.46. The average molecular weight is 579 g/mol. The quantitative estimate of drug-likeness (QED) is 0.243. The first-order valence-corrected chi connectivity index (χ1v) is 13.0. The molecular formula is C29H28F6N4O2. The van der Waals surface area contributed by atoms with Crippen molar-refractivity contribution in [2.75, 3.05) is 25.5 Å². The second kappa shape index (κ2) is 10.9. The van der Waals surface area contributed by atoms with Crippen molar-refractivity contribution in [1.29, 1.82) is 0 Å². The van der Waals surface area contributed by atoms with Gasteiger partial charge in [0, 0.05) is 29.9 Å². The van der Waals surface area contributed by atoms with Gasteiger partial charge in [-0.05, 0) is 79.3 Å². The lowest BCUT2D eigenvalue weighted by molar-refractivity contribution is -0.143. The summed E-state index contributed by atoms with van der Waals surface area (Å²) in [5.41, 5.74) is -2.31. The Bertz CT molecular complexity index is 1430. The first kappa shape index (κ1) is 28.7.